The summed E-state index contributed by atoms with van der Waals surface area (Å²) in [5.74, 6) is 1.17. The highest BCUT2D eigenvalue weighted by Gasteiger charge is 1.98. The summed E-state index contributed by atoms with van der Waals surface area (Å²) in [7, 11) is 1.82. The molecule has 0 N–H and O–H groups in total. The average molecular weight is 207 g/mol. The Labute approximate surface area is 88.1 Å². The fourth-order valence-corrected chi connectivity index (χ4v) is 0.842. The Bertz CT molecular complexity index is 96.9. The number of thioether (sulfide) groups is 1. The lowest BCUT2D eigenvalue weighted by Crippen LogP contribution is -2.25. The van der Waals surface area contributed by atoms with Gasteiger partial charge in [-0.05, 0) is 6.26 Å². The third-order valence-electron chi connectivity index (χ3n) is 1.17. The van der Waals surface area contributed by atoms with Crippen molar-refractivity contribution >= 4 is 17.7 Å². The number of carbonyl (C=O) groups is 1. The Balaban J connectivity index is -0.000000218. The zero-order valence-corrected chi connectivity index (χ0v) is 11.0. The molecule has 0 aromatic heterocycles. The highest BCUT2D eigenvalue weighted by molar-refractivity contribution is 7.98. The molecule has 3 heteroatoms. The molecule has 0 saturated heterocycles. The minimum atomic E-state index is 0.143. The molecule has 13 heavy (non-hydrogen) atoms. The molecule has 0 atom stereocenters. The third kappa shape index (κ3) is 18.6. The van der Waals surface area contributed by atoms with Gasteiger partial charge in [0, 0.05) is 26.3 Å². The topological polar surface area (TPSA) is 20.3 Å². The maximum atomic E-state index is 10.6. The predicted octanol–water partition coefficient (Wildman–Crippen LogP) is 2.88. The molecule has 0 aliphatic carbocycles. The van der Waals surface area contributed by atoms with Gasteiger partial charge in [0.2, 0.25) is 5.91 Å². The molecule has 0 saturated carbocycles. The van der Waals surface area contributed by atoms with Crippen LogP contribution in [-0.4, -0.2) is 36.4 Å². The van der Waals surface area contributed by atoms with Crippen LogP contribution in [0.2, 0.25) is 0 Å². The van der Waals surface area contributed by atoms with Crippen LogP contribution >= 0.6 is 11.8 Å². The van der Waals surface area contributed by atoms with Crippen LogP contribution in [0.25, 0.3) is 0 Å². The Kier molecular flexibility index (Phi) is 25.4. The number of nitrogens with zero attached hydrogens (tertiary/aromatic N) is 1. The van der Waals surface area contributed by atoms with E-state index in [4.69, 9.17) is 0 Å². The van der Waals surface area contributed by atoms with E-state index in [0.717, 1.165) is 12.3 Å². The third-order valence-corrected chi connectivity index (χ3v) is 1.76. The summed E-state index contributed by atoms with van der Waals surface area (Å²) in [6, 6.07) is 0. The quantitative estimate of drug-likeness (QED) is 0.709. The van der Waals surface area contributed by atoms with Gasteiger partial charge in [-0.3, -0.25) is 4.79 Å². The monoisotopic (exact) mass is 207 g/mol. The first-order valence-electron chi connectivity index (χ1n) is 4.89. The molecule has 0 aliphatic heterocycles. The minimum Gasteiger partial charge on any atom is -0.345 e. The number of hydrogen-bond acceptors (Lipinski definition) is 2. The molecule has 0 rings (SSSR count). The van der Waals surface area contributed by atoms with E-state index in [0.29, 0.717) is 0 Å². The second-order valence-electron chi connectivity index (χ2n) is 1.93. The van der Waals surface area contributed by atoms with Gasteiger partial charge in [0.25, 0.3) is 0 Å². The maximum absolute atomic E-state index is 10.6. The van der Waals surface area contributed by atoms with Crippen molar-refractivity contribution in [2.75, 3.05) is 25.6 Å². The summed E-state index contributed by atoms with van der Waals surface area (Å²) in [5, 5.41) is 0. The molecule has 2 nitrogen and oxygen atoms in total. The van der Waals surface area contributed by atoms with Gasteiger partial charge in [0.1, 0.15) is 0 Å². The van der Waals surface area contributed by atoms with E-state index in [9.17, 15) is 4.79 Å². The van der Waals surface area contributed by atoms with Gasteiger partial charge < -0.3 is 4.90 Å². The van der Waals surface area contributed by atoms with Crippen LogP contribution in [0.4, 0.5) is 0 Å². The number of rotatable bonds is 3. The van der Waals surface area contributed by atoms with Crippen molar-refractivity contribution in [2.24, 2.45) is 0 Å². The van der Waals surface area contributed by atoms with E-state index in [2.05, 4.69) is 0 Å². The van der Waals surface area contributed by atoms with Crippen molar-refractivity contribution in [1.82, 2.24) is 4.90 Å². The van der Waals surface area contributed by atoms with Gasteiger partial charge in [-0.2, -0.15) is 11.8 Å². The minimum absolute atomic E-state index is 0.143. The van der Waals surface area contributed by atoms with Crippen LogP contribution in [0.5, 0.6) is 0 Å². The van der Waals surface area contributed by atoms with Crippen molar-refractivity contribution < 1.29 is 4.79 Å². The summed E-state index contributed by atoms with van der Waals surface area (Å²) in [6.45, 7) is 10.4. The largest absolute Gasteiger partial charge is 0.345 e. The second-order valence-corrected chi connectivity index (χ2v) is 2.92. The molecule has 0 bridgehead atoms. The van der Waals surface area contributed by atoms with Crippen LogP contribution in [-0.2, 0) is 4.79 Å². The van der Waals surface area contributed by atoms with E-state index in [1.165, 1.54) is 0 Å². The van der Waals surface area contributed by atoms with Gasteiger partial charge in [0.15, 0.2) is 0 Å². The molecule has 82 valence electrons. The highest BCUT2D eigenvalue weighted by atomic mass is 32.2. The Morgan fingerprint density at radius 3 is 1.85 bits per heavy atom. The Morgan fingerprint density at radius 1 is 1.23 bits per heavy atom. The first-order chi connectivity index (χ1) is 6.18. The standard InChI is InChI=1S/C6H13NOS.2C2H6/c1-6(8)7(2)4-5-9-3;2*1-2/h4-5H2,1-3H3;2*1-2H3. The van der Waals surface area contributed by atoms with Gasteiger partial charge in [-0.1, -0.05) is 27.7 Å². The zero-order valence-electron chi connectivity index (χ0n) is 10.2. The van der Waals surface area contributed by atoms with Crippen molar-refractivity contribution in [3.05, 3.63) is 0 Å². The number of amides is 1. The summed E-state index contributed by atoms with van der Waals surface area (Å²) < 4.78 is 0. The molecular formula is C10H25NOS. The average Bonchev–Trinajstić information content (AvgIpc) is 2.20. The molecule has 0 aliphatic rings. The van der Waals surface area contributed by atoms with Crippen molar-refractivity contribution in [3.63, 3.8) is 0 Å². The SMILES string of the molecule is CC.CC.CSCCN(C)C(C)=O. The van der Waals surface area contributed by atoms with E-state index in [1.807, 2.05) is 41.0 Å². The Morgan fingerprint density at radius 2 is 1.62 bits per heavy atom. The van der Waals surface area contributed by atoms with E-state index < -0.39 is 0 Å². The fourth-order valence-electron chi connectivity index (χ4n) is 0.386. The summed E-state index contributed by atoms with van der Waals surface area (Å²) in [5.41, 5.74) is 0. The first kappa shape index (κ1) is 18.6. The first-order valence-corrected chi connectivity index (χ1v) is 6.28. The van der Waals surface area contributed by atoms with Gasteiger partial charge >= 0.3 is 0 Å². The smallest absolute Gasteiger partial charge is 0.219 e. The Hall–Kier alpha value is -0.180. The zero-order chi connectivity index (χ0) is 11.3. The summed E-state index contributed by atoms with van der Waals surface area (Å²) >= 11 is 1.75. The molecule has 0 aromatic carbocycles. The molecule has 0 radical (unpaired) electrons. The molecule has 0 aromatic rings. The molecular weight excluding hydrogens is 182 g/mol. The number of carbonyl (C=O) groups excluding carboxylic acids is 1. The second kappa shape index (κ2) is 17.8. The van der Waals surface area contributed by atoms with Crippen LogP contribution < -0.4 is 0 Å². The predicted molar refractivity (Wildman–Crippen MR) is 64.4 cm³/mol. The van der Waals surface area contributed by atoms with Gasteiger partial charge in [-0.25, -0.2) is 0 Å². The van der Waals surface area contributed by atoms with Gasteiger partial charge in [-0.15, -0.1) is 0 Å². The van der Waals surface area contributed by atoms with E-state index >= 15 is 0 Å². The maximum Gasteiger partial charge on any atom is 0.219 e. The lowest BCUT2D eigenvalue weighted by Gasteiger charge is -2.12. The van der Waals surface area contributed by atoms with E-state index in [-0.39, 0.29) is 5.91 Å². The summed E-state index contributed by atoms with van der Waals surface area (Å²) in [6.07, 6.45) is 2.04. The van der Waals surface area contributed by atoms with Crippen molar-refractivity contribution in [2.45, 2.75) is 34.6 Å². The molecule has 0 fully saturated rings. The van der Waals surface area contributed by atoms with Crippen LogP contribution in [0.15, 0.2) is 0 Å². The van der Waals surface area contributed by atoms with Crippen LogP contribution in [0, 0.1) is 0 Å². The molecule has 0 spiro atoms. The van der Waals surface area contributed by atoms with E-state index in [1.54, 1.807) is 23.6 Å². The van der Waals surface area contributed by atoms with Crippen molar-refractivity contribution in [3.8, 4) is 0 Å². The fraction of sp³-hybridized carbons (Fsp3) is 0.900. The molecule has 0 unspecified atom stereocenters. The van der Waals surface area contributed by atoms with Crippen LogP contribution in [0.3, 0.4) is 0 Å². The lowest BCUT2D eigenvalue weighted by molar-refractivity contribution is -0.127. The number of hydrogen-bond donors (Lipinski definition) is 0. The van der Waals surface area contributed by atoms with Crippen molar-refractivity contribution in [1.29, 1.82) is 0 Å². The normalized spacial score (nSPS) is 7.31. The summed E-state index contributed by atoms with van der Waals surface area (Å²) in [4.78, 5) is 12.3. The van der Waals surface area contributed by atoms with Gasteiger partial charge in [0.05, 0.1) is 0 Å². The highest BCUT2D eigenvalue weighted by Crippen LogP contribution is 1.92. The van der Waals surface area contributed by atoms with Crippen LogP contribution in [0.1, 0.15) is 34.6 Å². The lowest BCUT2D eigenvalue weighted by atomic mass is 10.5. The molecule has 1 amide bonds. The molecule has 0 heterocycles.